The third-order valence-electron chi connectivity index (χ3n) is 4.97. The molecule has 0 spiro atoms. The van der Waals surface area contributed by atoms with Gasteiger partial charge in [-0.15, -0.1) is 0 Å². The van der Waals surface area contributed by atoms with Gasteiger partial charge in [0.05, 0.1) is 25.7 Å². The maximum atomic E-state index is 9.42. The van der Waals surface area contributed by atoms with Crippen LogP contribution in [-0.2, 0) is 14.2 Å². The van der Waals surface area contributed by atoms with Crippen LogP contribution in [0.2, 0.25) is 0 Å². The summed E-state index contributed by atoms with van der Waals surface area (Å²) in [6, 6.07) is 0. The largest absolute Gasteiger partial charge is 0.396 e. The summed E-state index contributed by atoms with van der Waals surface area (Å²) in [5, 5.41) is 9.42. The second-order valence-electron chi connectivity index (χ2n) is 7.02. The first kappa shape index (κ1) is 21.2. The van der Waals surface area contributed by atoms with E-state index in [1.165, 1.54) is 19.3 Å². The summed E-state index contributed by atoms with van der Waals surface area (Å²) >= 11 is 0. The molecule has 1 aliphatic rings. The molecule has 7 heteroatoms. The summed E-state index contributed by atoms with van der Waals surface area (Å²) in [6.45, 7) is 1.55. The minimum absolute atomic E-state index is 0.0357. The number of aromatic nitrogens is 3. The maximum absolute atomic E-state index is 9.42. The normalized spacial score (nSPS) is 17.0. The van der Waals surface area contributed by atoms with Gasteiger partial charge in [-0.25, -0.2) is 15.0 Å². The molecule has 0 bridgehead atoms. The smallest absolute Gasteiger partial charge is 0.140 e. The van der Waals surface area contributed by atoms with Gasteiger partial charge in [0.25, 0.3) is 0 Å². The second kappa shape index (κ2) is 11.5. The lowest BCUT2D eigenvalue weighted by atomic mass is 9.88. The first-order chi connectivity index (χ1) is 12.7. The molecule has 1 aromatic heterocycles. The Balaban J connectivity index is 2.39. The predicted molar refractivity (Wildman–Crippen MR) is 98.5 cm³/mol. The number of ether oxygens (including phenoxy) is 3. The first-order valence-electron chi connectivity index (χ1n) is 9.56. The standard InChI is InChI=1S/C19H33N3O4/c1-24-11-15(9-10-23)18-20-17(14-7-5-4-6-8-14)21-19(22-18)16(12-25-2)13-26-3/h14-16,23H,4-13H2,1-3H3. The Hall–Kier alpha value is -1.15. The van der Waals surface area contributed by atoms with Crippen LogP contribution < -0.4 is 0 Å². The molecule has 0 amide bonds. The molecule has 0 aromatic carbocycles. The van der Waals surface area contributed by atoms with E-state index in [-0.39, 0.29) is 18.4 Å². The van der Waals surface area contributed by atoms with E-state index in [9.17, 15) is 5.11 Å². The Bertz CT molecular complexity index is 477. The van der Waals surface area contributed by atoms with Gasteiger partial charge < -0.3 is 19.3 Å². The van der Waals surface area contributed by atoms with E-state index < -0.39 is 0 Å². The highest BCUT2D eigenvalue weighted by atomic mass is 16.5. The lowest BCUT2D eigenvalue weighted by Gasteiger charge is -2.24. The fourth-order valence-corrected chi connectivity index (χ4v) is 3.58. The van der Waals surface area contributed by atoms with Crippen molar-refractivity contribution in [3.8, 4) is 0 Å². The first-order valence-corrected chi connectivity index (χ1v) is 9.56. The number of hydrogen-bond acceptors (Lipinski definition) is 7. The lowest BCUT2D eigenvalue weighted by Crippen LogP contribution is -2.22. The van der Waals surface area contributed by atoms with E-state index in [2.05, 4.69) is 0 Å². The van der Waals surface area contributed by atoms with Crippen molar-refractivity contribution in [2.24, 2.45) is 0 Å². The molecule has 0 radical (unpaired) electrons. The van der Waals surface area contributed by atoms with Crippen molar-refractivity contribution < 1.29 is 19.3 Å². The Morgan fingerprint density at radius 3 is 1.92 bits per heavy atom. The van der Waals surface area contributed by atoms with E-state index in [1.54, 1.807) is 21.3 Å². The predicted octanol–water partition coefficient (Wildman–Crippen LogP) is 2.41. The van der Waals surface area contributed by atoms with E-state index >= 15 is 0 Å². The number of rotatable bonds is 11. The Labute approximate surface area is 156 Å². The molecule has 1 fully saturated rings. The van der Waals surface area contributed by atoms with Crippen molar-refractivity contribution in [3.63, 3.8) is 0 Å². The average molecular weight is 367 g/mol. The topological polar surface area (TPSA) is 86.6 Å². The SMILES string of the molecule is COCC(CCO)c1nc(C2CCCCC2)nc(C(COC)COC)n1. The minimum atomic E-state index is -0.0418. The number of nitrogens with zero attached hydrogens (tertiary/aromatic N) is 3. The van der Waals surface area contributed by atoms with Crippen LogP contribution in [0.5, 0.6) is 0 Å². The van der Waals surface area contributed by atoms with Crippen LogP contribution in [0.3, 0.4) is 0 Å². The molecule has 0 saturated heterocycles. The van der Waals surface area contributed by atoms with Gasteiger partial charge in [-0.1, -0.05) is 19.3 Å². The van der Waals surface area contributed by atoms with Gasteiger partial charge in [0.15, 0.2) is 0 Å². The Morgan fingerprint density at radius 1 is 0.846 bits per heavy atom. The van der Waals surface area contributed by atoms with Gasteiger partial charge in [-0.05, 0) is 19.3 Å². The summed E-state index contributed by atoms with van der Waals surface area (Å²) in [4.78, 5) is 14.3. The number of aliphatic hydroxyl groups is 1. The summed E-state index contributed by atoms with van der Waals surface area (Å²) in [7, 11) is 5.01. The second-order valence-corrected chi connectivity index (χ2v) is 7.02. The fourth-order valence-electron chi connectivity index (χ4n) is 3.58. The zero-order valence-electron chi connectivity index (χ0n) is 16.3. The zero-order chi connectivity index (χ0) is 18.8. The van der Waals surface area contributed by atoms with Gasteiger partial charge in [0, 0.05) is 39.8 Å². The highest BCUT2D eigenvalue weighted by Gasteiger charge is 2.25. The van der Waals surface area contributed by atoms with Gasteiger partial charge in [-0.3, -0.25) is 0 Å². The van der Waals surface area contributed by atoms with Gasteiger partial charge in [-0.2, -0.15) is 0 Å². The maximum Gasteiger partial charge on any atom is 0.140 e. The van der Waals surface area contributed by atoms with Gasteiger partial charge >= 0.3 is 0 Å². The monoisotopic (exact) mass is 367 g/mol. The van der Waals surface area contributed by atoms with Gasteiger partial charge in [0.2, 0.25) is 0 Å². The van der Waals surface area contributed by atoms with Crippen molar-refractivity contribution in [1.82, 2.24) is 15.0 Å². The van der Waals surface area contributed by atoms with Crippen LogP contribution in [0.4, 0.5) is 0 Å². The molecule has 1 atom stereocenters. The average Bonchev–Trinajstić information content (AvgIpc) is 2.68. The molecule has 1 saturated carbocycles. The van der Waals surface area contributed by atoms with Crippen LogP contribution in [0.15, 0.2) is 0 Å². The summed E-state index contributed by atoms with van der Waals surface area (Å²) < 4.78 is 16.0. The molecular formula is C19H33N3O4. The van der Waals surface area contributed by atoms with Crippen molar-refractivity contribution in [1.29, 1.82) is 0 Å². The number of methoxy groups -OCH3 is 3. The molecule has 1 heterocycles. The summed E-state index contributed by atoms with van der Waals surface area (Å²) in [5.74, 6) is 2.61. The molecule has 26 heavy (non-hydrogen) atoms. The molecule has 0 aliphatic heterocycles. The quantitative estimate of drug-likeness (QED) is 0.642. The van der Waals surface area contributed by atoms with Crippen molar-refractivity contribution >= 4 is 0 Å². The highest BCUT2D eigenvalue weighted by Crippen LogP contribution is 2.32. The van der Waals surface area contributed by atoms with Crippen molar-refractivity contribution in [2.75, 3.05) is 47.8 Å². The van der Waals surface area contributed by atoms with Crippen LogP contribution in [0.1, 0.15) is 73.8 Å². The Morgan fingerprint density at radius 2 is 1.38 bits per heavy atom. The van der Waals surface area contributed by atoms with E-state index in [4.69, 9.17) is 29.2 Å². The molecule has 1 aromatic rings. The van der Waals surface area contributed by atoms with Crippen LogP contribution in [0, 0.1) is 0 Å². The molecule has 1 N–H and O–H groups in total. The van der Waals surface area contributed by atoms with E-state index in [0.717, 1.165) is 24.5 Å². The molecule has 148 valence electrons. The van der Waals surface area contributed by atoms with E-state index in [0.29, 0.717) is 38.0 Å². The minimum Gasteiger partial charge on any atom is -0.396 e. The molecule has 2 rings (SSSR count). The highest BCUT2D eigenvalue weighted by molar-refractivity contribution is 5.10. The Kier molecular flexibility index (Phi) is 9.39. The van der Waals surface area contributed by atoms with Crippen molar-refractivity contribution in [3.05, 3.63) is 17.5 Å². The summed E-state index contributed by atoms with van der Waals surface area (Å²) in [5.41, 5.74) is 0. The molecular weight excluding hydrogens is 334 g/mol. The number of aliphatic hydroxyl groups excluding tert-OH is 1. The van der Waals surface area contributed by atoms with Crippen LogP contribution >= 0.6 is 0 Å². The zero-order valence-corrected chi connectivity index (χ0v) is 16.3. The third kappa shape index (κ3) is 5.94. The van der Waals surface area contributed by atoms with Gasteiger partial charge in [0.1, 0.15) is 17.5 Å². The number of hydrogen-bond donors (Lipinski definition) is 1. The van der Waals surface area contributed by atoms with Crippen LogP contribution in [-0.4, -0.2) is 67.8 Å². The van der Waals surface area contributed by atoms with Crippen LogP contribution in [0.25, 0.3) is 0 Å². The lowest BCUT2D eigenvalue weighted by molar-refractivity contribution is 0.113. The van der Waals surface area contributed by atoms with Crippen molar-refractivity contribution in [2.45, 2.75) is 56.3 Å². The van der Waals surface area contributed by atoms with E-state index in [1.807, 2.05) is 0 Å². The third-order valence-corrected chi connectivity index (χ3v) is 4.97. The molecule has 1 aliphatic carbocycles. The molecule has 7 nitrogen and oxygen atoms in total. The summed E-state index contributed by atoms with van der Waals surface area (Å²) in [6.07, 6.45) is 6.54. The fraction of sp³-hybridized carbons (Fsp3) is 0.842. The molecule has 1 unspecified atom stereocenters.